The molecule has 13 N–H and O–H groups in total. The highest BCUT2D eigenvalue weighted by atomic mass is 32.3. The van der Waals surface area contributed by atoms with Crippen molar-refractivity contribution < 1.29 is 94.9 Å². The number of fused-ring (bicyclic) bond motifs is 2. The van der Waals surface area contributed by atoms with Crippen LogP contribution in [-0.2, 0) is 39.0 Å². The van der Waals surface area contributed by atoms with E-state index in [-0.39, 0.29) is 99.6 Å². The number of esters is 4. The maximum atomic E-state index is 13.1. The summed E-state index contributed by atoms with van der Waals surface area (Å²) in [6.45, 7) is 9.47. The lowest BCUT2D eigenvalue weighted by Crippen LogP contribution is -2.22. The molecule has 0 bridgehead atoms. The Morgan fingerprint density at radius 3 is 1.33 bits per heavy atom. The number of aldehydes is 1. The first-order valence-corrected chi connectivity index (χ1v) is 36.1. The van der Waals surface area contributed by atoms with Crippen molar-refractivity contribution >= 4 is 122 Å². The fourth-order valence-corrected chi connectivity index (χ4v) is 9.20. The molecule has 0 saturated heterocycles. The number of carbonyl (C=O) groups excluding carboxylic acids is 7. The molecule has 13 aromatic rings. The van der Waals surface area contributed by atoms with Crippen molar-refractivity contribution in [2.75, 3.05) is 55.3 Å². The van der Waals surface area contributed by atoms with Crippen molar-refractivity contribution in [3.05, 3.63) is 268 Å². The van der Waals surface area contributed by atoms with Crippen LogP contribution in [0.15, 0.2) is 212 Å². The molecule has 0 radical (unpaired) electrons. The molecule has 43 nitrogen and oxygen atoms in total. The number of benzene rings is 5. The third-order valence-corrected chi connectivity index (χ3v) is 14.4. The summed E-state index contributed by atoms with van der Waals surface area (Å²) in [5, 5.41) is 33.8. The zero-order chi connectivity index (χ0) is 89.8. The molecule has 0 atom stereocenters. The number of amides is 2. The fourth-order valence-electron chi connectivity index (χ4n) is 9.20. The number of phenols is 2. The van der Waals surface area contributed by atoms with E-state index in [0.29, 0.717) is 75.0 Å². The van der Waals surface area contributed by atoms with Gasteiger partial charge in [-0.1, -0.05) is 80.2 Å². The van der Waals surface area contributed by atoms with E-state index in [1.807, 2.05) is 78.9 Å². The van der Waals surface area contributed by atoms with Gasteiger partial charge in [0.05, 0.1) is 44.4 Å². The number of phenolic OH excluding ortho intramolecular Hbond substituents is 2. The van der Waals surface area contributed by atoms with Crippen LogP contribution in [0.4, 0.5) is 29.0 Å². The number of aromatic nitrogens is 16. The number of methoxy groups -OCH3 is 2. The van der Waals surface area contributed by atoms with E-state index in [0.717, 1.165) is 11.9 Å². The molecule has 8 aromatic heterocycles. The number of nitrogens with zero attached hydrogens (tertiary/aromatic N) is 16. The maximum absolute atomic E-state index is 13.1. The van der Waals surface area contributed by atoms with Crippen LogP contribution in [0.25, 0.3) is 45.6 Å². The Bertz CT molecular complexity index is 6010. The van der Waals surface area contributed by atoms with E-state index in [1.54, 1.807) is 80.0 Å². The van der Waals surface area contributed by atoms with Crippen molar-refractivity contribution in [2.24, 2.45) is 0 Å². The van der Waals surface area contributed by atoms with Crippen LogP contribution in [0.5, 0.6) is 23.0 Å². The van der Waals surface area contributed by atoms with Crippen molar-refractivity contribution in [3.63, 3.8) is 0 Å². The number of carboxylic acids is 1. The van der Waals surface area contributed by atoms with Crippen LogP contribution in [-0.4, -0.2) is 187 Å². The molecule has 5 aromatic carbocycles. The van der Waals surface area contributed by atoms with Gasteiger partial charge in [-0.05, 0) is 87.5 Å². The van der Waals surface area contributed by atoms with Gasteiger partial charge in [0.1, 0.15) is 100 Å². The number of para-hydroxylation sites is 5. The van der Waals surface area contributed by atoms with Crippen LogP contribution in [0.2, 0.25) is 0 Å². The van der Waals surface area contributed by atoms with Gasteiger partial charge in [0.25, 0.3) is 17.0 Å². The largest absolute Gasteiger partial charge is 0.504 e. The molecule has 0 unspecified atom stereocenters. The normalized spacial score (nSPS) is 9.93. The van der Waals surface area contributed by atoms with Gasteiger partial charge in [-0.25, -0.2) is 84.2 Å². The minimum atomic E-state index is -4.67. The highest BCUT2D eigenvalue weighted by molar-refractivity contribution is 7.79. The van der Waals surface area contributed by atoms with Gasteiger partial charge < -0.3 is 66.8 Å². The number of nitrogens with one attached hydrogen (secondary N) is 2. The van der Waals surface area contributed by atoms with Crippen molar-refractivity contribution in [2.45, 2.75) is 49.0 Å². The zero-order valence-corrected chi connectivity index (χ0v) is 66.5. The molecule has 8 heterocycles. The van der Waals surface area contributed by atoms with Crippen LogP contribution < -0.4 is 48.4 Å². The van der Waals surface area contributed by atoms with Crippen LogP contribution in [0.3, 0.4) is 0 Å². The number of anilines is 5. The first-order valence-electron chi connectivity index (χ1n) is 34.7. The number of carbonyl (C=O) groups is 8. The second-order valence-electron chi connectivity index (χ2n) is 22.9. The molecule has 44 heteroatoms. The molecule has 0 fully saturated rings. The van der Waals surface area contributed by atoms with Crippen molar-refractivity contribution in [1.29, 1.82) is 0 Å². The molecule has 2 amide bonds. The Hall–Kier alpha value is -16.8. The average molecular weight is 1710 g/mol. The first kappa shape index (κ1) is 98.6. The smallest absolute Gasteiger partial charge is 0.394 e. The van der Waals surface area contributed by atoms with Crippen LogP contribution in [0.1, 0.15) is 111 Å². The topological polar surface area (TPSA) is 645 Å². The summed E-state index contributed by atoms with van der Waals surface area (Å²) >= 11 is 0. The van der Waals surface area contributed by atoms with Gasteiger partial charge in [-0.3, -0.25) is 51.8 Å². The highest BCUT2D eigenvalue weighted by Gasteiger charge is 2.18. The lowest BCUT2D eigenvalue weighted by Gasteiger charge is -2.11. The third-order valence-electron chi connectivity index (χ3n) is 14.4. The van der Waals surface area contributed by atoms with E-state index >= 15 is 0 Å². The van der Waals surface area contributed by atoms with E-state index in [9.17, 15) is 58.2 Å². The number of hydrogen-bond acceptors (Lipinski definition) is 36. The predicted octanol–water partition coefficient (Wildman–Crippen LogP) is 7.75. The second kappa shape index (κ2) is 50.7. The summed E-state index contributed by atoms with van der Waals surface area (Å²) in [5.41, 5.74) is 20.0. The Labute approximate surface area is 699 Å². The highest BCUT2D eigenvalue weighted by Crippen LogP contribution is 2.31. The molecule has 0 saturated carbocycles. The lowest BCUT2D eigenvalue weighted by molar-refractivity contribution is -0.156. The minimum absolute atomic E-state index is 0. The number of hydrogen-bond donors (Lipinski definition) is 10. The molecule has 0 aliphatic rings. The van der Waals surface area contributed by atoms with Gasteiger partial charge in [0, 0.05) is 69.2 Å². The number of nitrogen functional groups attached to an aromatic ring is 3. The summed E-state index contributed by atoms with van der Waals surface area (Å²) in [4.78, 5) is 165. The summed E-state index contributed by atoms with van der Waals surface area (Å²) in [6, 6.07) is 37.6. The third kappa shape index (κ3) is 32.3. The second-order valence-corrected chi connectivity index (χ2v) is 23.8. The molecule has 640 valence electrons. The van der Waals surface area contributed by atoms with E-state index in [4.69, 9.17) is 58.8 Å². The fraction of sp³-hybridized carbons (Fsp3) is 0.139. The maximum Gasteiger partial charge on any atom is 0.394 e. The zero-order valence-electron chi connectivity index (χ0n) is 65.7. The Morgan fingerprint density at radius 1 is 0.496 bits per heavy atom. The quantitative estimate of drug-likeness (QED) is 0.0154. The molecule has 0 aliphatic heterocycles. The summed E-state index contributed by atoms with van der Waals surface area (Å²) in [6.07, 6.45) is 19.8. The summed E-state index contributed by atoms with van der Waals surface area (Å²) < 4.78 is 58.0. The number of aromatic hydroxyl groups is 2. The number of aryl methyl sites for hydroxylation is 1. The average Bonchev–Trinajstić information content (AvgIpc) is 0.776. The summed E-state index contributed by atoms with van der Waals surface area (Å²) in [7, 11) is -1.75. The Balaban J connectivity index is 0.000000301. The van der Waals surface area contributed by atoms with Crippen molar-refractivity contribution in [3.8, 4) is 34.4 Å². The van der Waals surface area contributed by atoms with Gasteiger partial charge in [0.2, 0.25) is 5.91 Å². The van der Waals surface area contributed by atoms with Crippen molar-refractivity contribution in [1.82, 2.24) is 78.9 Å². The standard InChI is InChI=1S/C21H16N4O3.C13H10N4O.C11H10N4O.C9H11N3O3.C8H8O3.C7H9N3O2.C5H5N3O2.C4H6O3.CH4.H2O4S/c1-28-17-9-5-6-14(19(17)26)10-11-18-24-20-16(12-22-13-23-20)21(27)25(18)15-7-3-2-4-8-15;1-9-16-12-11(7-14-8-15-12)13(18)17(9)10-5-3-2-4-6-10;12-10-9(6-13-7-14-10)11(16)15-8-4-2-1-3-5-8;1-3-15-9(14)7-4-10-5-11-8(7)12-6(2)13;1-11-7-4-2-3-6(5-9)8(7)10;1-2-12-7(11)5-3-9-4-10-6(5)8;6-4-3(5(9)10)1-7-2-8-4;1-3(5)7-4(2)6;;1-5(2,3)4/h2-13,26H,1H3;2-8H,1H3;1-7H,(H,15,16)(H2,12,13,14);4-5H,3H2,1-2H3,(H,10,11,12,13);2-5,10H,1H3;3-4H,2H2,1H3,(H2,8,9,10);1-2H,(H,9,10)(H2,6,7,8);1-2H3;1H4;(H2,1,2,3,4)/b11-10+;;;;;;;;;. The monoisotopic (exact) mass is 1710 g/mol. The minimum Gasteiger partial charge on any atom is -0.504 e. The molecule has 123 heavy (non-hydrogen) atoms. The number of carboxylic acid groups (broad SMARTS) is 1. The van der Waals surface area contributed by atoms with Gasteiger partial charge in [-0.2, -0.15) is 8.42 Å². The Kier molecular flexibility index (Phi) is 40.6. The first-order chi connectivity index (χ1) is 58.3. The number of ether oxygens (including phenoxy) is 5. The SMILES string of the molecule is C.CC(=O)OC(C)=O.CCOC(=O)c1cncnc1N.CCOC(=O)c1cncnc1NC(C)=O.COc1cccc(/C=C/c2nc3ncncc3c(=O)n2-c2ccccc2)c1O.COc1cccc(C=O)c1O.Cc1nc2ncncc2c(=O)n1-c1ccccc1.Nc1ncncc1C(=O)Nc1ccccc1.Nc1ncncc1C(=O)O.O=S(=O)(O)O. The van der Waals surface area contributed by atoms with Crippen LogP contribution in [0, 0.1) is 6.92 Å². The van der Waals surface area contributed by atoms with Gasteiger partial charge in [-0.15, -0.1) is 0 Å². The van der Waals surface area contributed by atoms with Gasteiger partial charge >= 0.3 is 40.2 Å². The number of rotatable bonds is 15. The van der Waals surface area contributed by atoms with Gasteiger partial charge in [0.15, 0.2) is 46.4 Å². The Morgan fingerprint density at radius 2 is 0.894 bits per heavy atom. The van der Waals surface area contributed by atoms with Crippen LogP contribution >= 0.6 is 0 Å². The molecular formula is C79H81N21O22S. The predicted molar refractivity (Wildman–Crippen MR) is 447 cm³/mol. The molecular weight excluding hydrogens is 1630 g/mol. The number of aromatic carboxylic acids is 1. The molecule has 13 rings (SSSR count). The van der Waals surface area contributed by atoms with E-state index < -0.39 is 40.2 Å². The summed E-state index contributed by atoms with van der Waals surface area (Å²) in [5.74, 6) is -1.87. The van der Waals surface area contributed by atoms with E-state index in [2.05, 4.69) is 85.1 Å². The molecule has 0 aliphatic carbocycles. The lowest BCUT2D eigenvalue weighted by atomic mass is 10.1. The molecule has 0 spiro atoms. The van der Waals surface area contributed by atoms with E-state index in [1.165, 1.54) is 115 Å². The number of nitrogens with two attached hydrogens (primary N) is 3.